The Morgan fingerprint density at radius 1 is 1.11 bits per heavy atom. The molecule has 11 nitrogen and oxygen atoms in total. The van der Waals surface area contributed by atoms with Gasteiger partial charge < -0.3 is 34.6 Å². The SMILES string of the molecule is CC(C)C(=O)OC1C(CO[Si](c2ccccc2)(c2ccccc2)C(C)(C)C)OC(n2cc3c4c(ncnc42)NC(=O)C=C3N)C1(C)O. The summed E-state index contributed by atoms with van der Waals surface area (Å²) in [6.45, 7) is 11.6. The Kier molecular flexibility index (Phi) is 8.33. The molecule has 4 atom stereocenters. The topological polar surface area (TPSA) is 151 Å². The molecule has 4 N–H and O–H groups in total. The summed E-state index contributed by atoms with van der Waals surface area (Å²) in [5.41, 5.74) is 5.70. The fraction of sp³-hybridized carbons (Fsp3) is 0.371. The Balaban J connectivity index is 1.45. The number of carbonyl (C=O) groups is 2. The highest BCUT2D eigenvalue weighted by Crippen LogP contribution is 2.45. The van der Waals surface area contributed by atoms with Crippen LogP contribution in [0, 0.1) is 5.92 Å². The molecule has 1 fully saturated rings. The smallest absolute Gasteiger partial charge is 0.308 e. The molecule has 6 rings (SSSR count). The zero-order chi connectivity index (χ0) is 33.7. The summed E-state index contributed by atoms with van der Waals surface area (Å²) < 4.78 is 21.6. The van der Waals surface area contributed by atoms with Gasteiger partial charge in [-0.2, -0.15) is 0 Å². The van der Waals surface area contributed by atoms with Gasteiger partial charge in [0.1, 0.15) is 29.5 Å². The third-order valence-corrected chi connectivity index (χ3v) is 14.0. The van der Waals surface area contributed by atoms with Gasteiger partial charge in [0.05, 0.1) is 17.9 Å². The van der Waals surface area contributed by atoms with Crippen LogP contribution in [0.25, 0.3) is 16.7 Å². The van der Waals surface area contributed by atoms with Crippen molar-refractivity contribution in [3.63, 3.8) is 0 Å². The van der Waals surface area contributed by atoms with Crippen molar-refractivity contribution >= 4 is 53.1 Å². The quantitative estimate of drug-likeness (QED) is 0.192. The van der Waals surface area contributed by atoms with Gasteiger partial charge in [-0.25, -0.2) is 9.97 Å². The van der Waals surface area contributed by atoms with Gasteiger partial charge in [-0.1, -0.05) is 95.3 Å². The van der Waals surface area contributed by atoms with Crippen molar-refractivity contribution in [1.29, 1.82) is 0 Å². The molecule has 2 aliphatic rings. The molecule has 1 saturated heterocycles. The molecule has 12 heteroatoms. The first-order valence-corrected chi connectivity index (χ1v) is 17.6. The second kappa shape index (κ2) is 12.0. The zero-order valence-electron chi connectivity index (χ0n) is 27.4. The summed E-state index contributed by atoms with van der Waals surface area (Å²) in [4.78, 5) is 34.2. The Morgan fingerprint density at radius 2 is 1.72 bits per heavy atom. The number of carbonyl (C=O) groups excluding carboxylic acids is 2. The van der Waals surface area contributed by atoms with Crippen LogP contribution in [-0.4, -0.2) is 64.3 Å². The molecule has 4 unspecified atom stereocenters. The number of nitrogens with zero attached hydrogens (tertiary/aromatic N) is 3. The first kappa shape index (κ1) is 32.6. The number of esters is 1. The molecule has 47 heavy (non-hydrogen) atoms. The lowest BCUT2D eigenvalue weighted by Crippen LogP contribution is -2.67. The van der Waals surface area contributed by atoms with Gasteiger partial charge in [0.2, 0.25) is 0 Å². The minimum atomic E-state index is -3.02. The van der Waals surface area contributed by atoms with E-state index in [1.165, 1.54) is 12.4 Å². The summed E-state index contributed by atoms with van der Waals surface area (Å²) in [7, 11) is -3.02. The van der Waals surface area contributed by atoms with Crippen LogP contribution in [0.4, 0.5) is 5.82 Å². The molecule has 0 saturated carbocycles. The maximum atomic E-state index is 13.1. The lowest BCUT2D eigenvalue weighted by atomic mass is 9.96. The molecule has 2 aromatic carbocycles. The maximum Gasteiger partial charge on any atom is 0.308 e. The number of nitrogens with two attached hydrogens (primary N) is 1. The van der Waals surface area contributed by atoms with E-state index in [4.69, 9.17) is 19.6 Å². The van der Waals surface area contributed by atoms with E-state index in [9.17, 15) is 14.7 Å². The van der Waals surface area contributed by atoms with Gasteiger partial charge in [0.25, 0.3) is 14.2 Å². The number of ether oxygens (including phenoxy) is 2. The van der Waals surface area contributed by atoms with E-state index in [1.54, 1.807) is 31.5 Å². The molecule has 2 aromatic heterocycles. The average Bonchev–Trinajstić information content (AvgIpc) is 3.48. The van der Waals surface area contributed by atoms with Crippen molar-refractivity contribution in [1.82, 2.24) is 14.5 Å². The zero-order valence-corrected chi connectivity index (χ0v) is 28.4. The Morgan fingerprint density at radius 3 is 2.30 bits per heavy atom. The fourth-order valence-electron chi connectivity index (χ4n) is 6.74. The van der Waals surface area contributed by atoms with Crippen LogP contribution < -0.4 is 21.4 Å². The highest BCUT2D eigenvalue weighted by atomic mass is 28.4. The van der Waals surface area contributed by atoms with E-state index in [0.29, 0.717) is 16.6 Å². The minimum absolute atomic E-state index is 0.0281. The molecule has 0 radical (unpaired) electrons. The number of hydrogen-bond acceptors (Lipinski definition) is 9. The van der Waals surface area contributed by atoms with Crippen LogP contribution in [0.5, 0.6) is 0 Å². The summed E-state index contributed by atoms with van der Waals surface area (Å²) in [5, 5.41) is 17.3. The van der Waals surface area contributed by atoms with Gasteiger partial charge in [-0.3, -0.25) is 9.59 Å². The number of aromatic nitrogens is 3. The molecule has 0 bridgehead atoms. The van der Waals surface area contributed by atoms with E-state index in [-0.39, 0.29) is 23.2 Å². The van der Waals surface area contributed by atoms with E-state index in [2.05, 4.69) is 60.3 Å². The van der Waals surface area contributed by atoms with Crippen LogP contribution in [0.1, 0.15) is 53.3 Å². The first-order valence-electron chi connectivity index (χ1n) is 15.7. The van der Waals surface area contributed by atoms with E-state index >= 15 is 0 Å². The van der Waals surface area contributed by atoms with Crippen LogP contribution in [0.2, 0.25) is 5.04 Å². The highest BCUT2D eigenvalue weighted by Gasteiger charge is 2.58. The molecule has 246 valence electrons. The highest BCUT2D eigenvalue weighted by molar-refractivity contribution is 6.99. The minimum Gasteiger partial charge on any atom is -0.456 e. The third kappa shape index (κ3) is 5.54. The lowest BCUT2D eigenvalue weighted by molar-refractivity contribution is -0.167. The Labute approximate surface area is 274 Å². The molecule has 0 aliphatic carbocycles. The first-order chi connectivity index (χ1) is 22.3. The van der Waals surface area contributed by atoms with Crippen molar-refractivity contribution in [3.8, 4) is 0 Å². The molecule has 0 spiro atoms. The number of hydrogen-bond donors (Lipinski definition) is 3. The number of benzene rings is 2. The molecule has 1 amide bonds. The van der Waals surface area contributed by atoms with E-state index in [1.807, 2.05) is 36.4 Å². The van der Waals surface area contributed by atoms with Crippen LogP contribution >= 0.6 is 0 Å². The molecule has 4 aromatic rings. The molecule has 2 aliphatic heterocycles. The van der Waals surface area contributed by atoms with Crippen LogP contribution in [0.15, 0.2) is 79.3 Å². The van der Waals surface area contributed by atoms with Crippen molar-refractivity contribution in [2.45, 2.75) is 70.6 Å². The van der Waals surface area contributed by atoms with Crippen molar-refractivity contribution in [2.24, 2.45) is 11.7 Å². The number of nitrogens with one attached hydrogen (secondary N) is 1. The van der Waals surface area contributed by atoms with Crippen molar-refractivity contribution in [3.05, 3.63) is 84.8 Å². The number of rotatable bonds is 8. The largest absolute Gasteiger partial charge is 0.456 e. The predicted octanol–water partition coefficient (Wildman–Crippen LogP) is 3.48. The summed E-state index contributed by atoms with van der Waals surface area (Å²) in [5.74, 6) is -1.03. The number of anilines is 1. The van der Waals surface area contributed by atoms with Gasteiger partial charge in [0.15, 0.2) is 12.3 Å². The molecule has 4 heterocycles. The predicted molar refractivity (Wildman–Crippen MR) is 181 cm³/mol. The monoisotopic (exact) mass is 655 g/mol. The average molecular weight is 656 g/mol. The fourth-order valence-corrected chi connectivity index (χ4v) is 11.3. The standard InChI is InChI=1S/C35H41N5O6Si/c1-21(2)32(42)46-29-26(19-44-47(34(3,4)5,22-13-9-7-10-14-22)23-15-11-8-12-16-23)45-33(35(29,6)43)40-18-24-25(36)17-27(41)39-30-28(24)31(40)38-20-37-30/h7-18,20-21,26,29,33,43H,19,36H2,1-6H3,(H,37,38,39,41). The van der Waals surface area contributed by atoms with Crippen LogP contribution in [0.3, 0.4) is 0 Å². The van der Waals surface area contributed by atoms with Gasteiger partial charge in [-0.15, -0.1) is 0 Å². The normalized spacial score (nSPS) is 23.0. The van der Waals surface area contributed by atoms with E-state index < -0.39 is 50.1 Å². The van der Waals surface area contributed by atoms with Crippen molar-refractivity contribution in [2.75, 3.05) is 11.9 Å². The second-order valence-corrected chi connectivity index (χ2v) is 18.0. The molecular weight excluding hydrogens is 615 g/mol. The summed E-state index contributed by atoms with van der Waals surface area (Å²) in [6, 6.07) is 20.4. The van der Waals surface area contributed by atoms with Crippen LogP contribution in [-0.2, 0) is 23.5 Å². The lowest BCUT2D eigenvalue weighted by Gasteiger charge is -2.43. The maximum absolute atomic E-state index is 13.1. The summed E-state index contributed by atoms with van der Waals surface area (Å²) in [6.07, 6.45) is 1.26. The number of amides is 1. The number of aliphatic hydroxyl groups is 1. The Hall–Kier alpha value is -4.36. The summed E-state index contributed by atoms with van der Waals surface area (Å²) >= 11 is 0. The second-order valence-electron chi connectivity index (χ2n) is 13.7. The molecular formula is C35H41N5O6Si. The van der Waals surface area contributed by atoms with E-state index in [0.717, 1.165) is 10.4 Å². The van der Waals surface area contributed by atoms with Gasteiger partial charge >= 0.3 is 5.97 Å². The van der Waals surface area contributed by atoms with Gasteiger partial charge in [0, 0.05) is 23.5 Å². The third-order valence-electron chi connectivity index (χ3n) is 9.01. The Bertz CT molecular complexity index is 1790. The van der Waals surface area contributed by atoms with Gasteiger partial charge in [-0.05, 0) is 22.3 Å². The van der Waals surface area contributed by atoms with Crippen molar-refractivity contribution < 1.29 is 28.6 Å².